The molecule has 3 nitrogen and oxygen atoms in total. The molecular weight excluding hydrogens is 283 g/mol. The largest absolute Gasteiger partial charge is 0.416 e. The van der Waals surface area contributed by atoms with Gasteiger partial charge in [-0.05, 0) is 24.6 Å². The molecule has 1 N–H and O–H groups in total. The van der Waals surface area contributed by atoms with Gasteiger partial charge in [0.2, 0.25) is 0 Å². The van der Waals surface area contributed by atoms with Crippen LogP contribution in [0.2, 0.25) is 0 Å². The molecule has 0 amide bonds. The van der Waals surface area contributed by atoms with E-state index in [1.165, 1.54) is 31.5 Å². The van der Waals surface area contributed by atoms with E-state index in [1.54, 1.807) is 11.6 Å². The monoisotopic (exact) mass is 297 g/mol. The summed E-state index contributed by atoms with van der Waals surface area (Å²) in [5.41, 5.74) is -0.839. The van der Waals surface area contributed by atoms with Crippen LogP contribution in [0.5, 0.6) is 0 Å². The van der Waals surface area contributed by atoms with E-state index in [2.05, 4.69) is 0 Å². The van der Waals surface area contributed by atoms with Gasteiger partial charge in [-0.25, -0.2) is 0 Å². The zero-order chi connectivity index (χ0) is 15.8. The molecule has 0 aliphatic rings. The van der Waals surface area contributed by atoms with Crippen LogP contribution in [0, 0.1) is 0 Å². The summed E-state index contributed by atoms with van der Waals surface area (Å²) in [6.07, 6.45) is -2.55. The van der Waals surface area contributed by atoms with Crippen molar-refractivity contribution >= 4 is 0 Å². The van der Waals surface area contributed by atoms with Gasteiger partial charge in [-0.3, -0.25) is 4.79 Å². The Hall–Kier alpha value is -2.08. The Morgan fingerprint density at radius 1 is 1.24 bits per heavy atom. The second-order valence-electron chi connectivity index (χ2n) is 4.88. The normalized spacial score (nSPS) is 13.2. The van der Waals surface area contributed by atoms with E-state index in [4.69, 9.17) is 0 Å². The second kappa shape index (κ2) is 5.37. The molecule has 1 aromatic heterocycles. The number of aliphatic hydroxyl groups excluding tert-OH is 1. The van der Waals surface area contributed by atoms with Gasteiger partial charge in [0.25, 0.3) is 0 Å². The van der Waals surface area contributed by atoms with E-state index in [1.807, 2.05) is 0 Å². The Balaban J connectivity index is 2.65. The molecule has 1 atom stereocenters. The van der Waals surface area contributed by atoms with Crippen molar-refractivity contribution in [2.75, 3.05) is 0 Å². The molecule has 0 fully saturated rings. The summed E-state index contributed by atoms with van der Waals surface area (Å²) in [5.74, 6) is 0. The van der Waals surface area contributed by atoms with Gasteiger partial charge in [-0.2, -0.15) is 13.2 Å². The fourth-order valence-corrected chi connectivity index (χ4v) is 2.10. The van der Waals surface area contributed by atoms with E-state index >= 15 is 0 Å². The van der Waals surface area contributed by atoms with Crippen LogP contribution < -0.4 is 5.43 Å². The quantitative estimate of drug-likeness (QED) is 0.925. The standard InChI is InChI=1S/C15H14F3NO2/c1-9(20)12-7-19(2)8-13(14(12)21)10-4-3-5-11(6-10)15(16,17)18/h3-9,20H,1-2H3. The molecule has 1 aromatic carbocycles. The van der Waals surface area contributed by atoms with Gasteiger partial charge in [-0.1, -0.05) is 12.1 Å². The van der Waals surface area contributed by atoms with Crippen molar-refractivity contribution in [3.8, 4) is 11.1 Å². The number of pyridine rings is 1. The van der Waals surface area contributed by atoms with E-state index < -0.39 is 23.3 Å². The minimum atomic E-state index is -4.47. The molecule has 6 heteroatoms. The number of aliphatic hydroxyl groups is 1. The van der Waals surface area contributed by atoms with Crippen molar-refractivity contribution in [1.29, 1.82) is 0 Å². The summed E-state index contributed by atoms with van der Waals surface area (Å²) in [6.45, 7) is 1.44. The van der Waals surface area contributed by atoms with E-state index in [0.29, 0.717) is 0 Å². The number of hydrogen-bond acceptors (Lipinski definition) is 2. The lowest BCUT2D eigenvalue weighted by molar-refractivity contribution is -0.137. The molecule has 1 unspecified atom stereocenters. The van der Waals surface area contributed by atoms with Crippen LogP contribution in [-0.2, 0) is 13.2 Å². The highest BCUT2D eigenvalue weighted by Gasteiger charge is 2.30. The SMILES string of the molecule is CC(O)c1cn(C)cc(-c2cccc(C(F)(F)F)c2)c1=O. The summed E-state index contributed by atoms with van der Waals surface area (Å²) in [6, 6.07) is 4.58. The fourth-order valence-electron chi connectivity index (χ4n) is 2.10. The molecule has 0 spiro atoms. The molecule has 21 heavy (non-hydrogen) atoms. The number of rotatable bonds is 2. The average molecular weight is 297 g/mol. The van der Waals surface area contributed by atoms with Crippen LogP contribution in [-0.4, -0.2) is 9.67 Å². The molecule has 0 bridgehead atoms. The number of hydrogen-bond donors (Lipinski definition) is 1. The maximum atomic E-state index is 12.7. The number of aryl methyl sites for hydroxylation is 1. The summed E-state index contributed by atoms with van der Waals surface area (Å²) in [5, 5.41) is 9.59. The Bertz CT molecular complexity index is 718. The molecule has 2 rings (SSSR count). The van der Waals surface area contributed by atoms with Crippen LogP contribution in [0.25, 0.3) is 11.1 Å². The molecule has 0 radical (unpaired) electrons. The number of halogens is 3. The first-order chi connectivity index (χ1) is 9.70. The topological polar surface area (TPSA) is 42.2 Å². The van der Waals surface area contributed by atoms with Gasteiger partial charge in [0.1, 0.15) is 0 Å². The predicted molar refractivity (Wildman–Crippen MR) is 72.8 cm³/mol. The Morgan fingerprint density at radius 2 is 1.90 bits per heavy atom. The fraction of sp³-hybridized carbons (Fsp3) is 0.267. The molecule has 2 aromatic rings. The number of aromatic nitrogens is 1. The van der Waals surface area contributed by atoms with Crippen LogP contribution in [0.15, 0.2) is 41.5 Å². The van der Waals surface area contributed by atoms with Crippen LogP contribution in [0.1, 0.15) is 24.2 Å². The Morgan fingerprint density at radius 3 is 2.48 bits per heavy atom. The highest BCUT2D eigenvalue weighted by molar-refractivity contribution is 5.64. The zero-order valence-corrected chi connectivity index (χ0v) is 11.5. The smallest absolute Gasteiger partial charge is 0.389 e. The summed E-state index contributed by atoms with van der Waals surface area (Å²) in [7, 11) is 1.64. The van der Waals surface area contributed by atoms with Gasteiger partial charge in [-0.15, -0.1) is 0 Å². The van der Waals surface area contributed by atoms with Gasteiger partial charge in [0, 0.05) is 30.6 Å². The summed E-state index contributed by atoms with van der Waals surface area (Å²) < 4.78 is 39.8. The van der Waals surface area contributed by atoms with Crippen molar-refractivity contribution in [3.05, 3.63) is 58.0 Å². The number of benzene rings is 1. The van der Waals surface area contributed by atoms with Crippen molar-refractivity contribution in [3.63, 3.8) is 0 Å². The molecule has 0 aliphatic carbocycles. The highest BCUT2D eigenvalue weighted by atomic mass is 19.4. The summed E-state index contributed by atoms with van der Waals surface area (Å²) >= 11 is 0. The van der Waals surface area contributed by atoms with E-state index in [0.717, 1.165) is 12.1 Å². The molecule has 112 valence electrons. The van der Waals surface area contributed by atoms with Gasteiger partial charge >= 0.3 is 6.18 Å². The second-order valence-corrected chi connectivity index (χ2v) is 4.88. The van der Waals surface area contributed by atoms with Gasteiger partial charge in [0.15, 0.2) is 5.43 Å². The highest BCUT2D eigenvalue weighted by Crippen LogP contribution is 2.31. The van der Waals surface area contributed by atoms with E-state index in [9.17, 15) is 23.1 Å². The maximum absolute atomic E-state index is 12.7. The van der Waals surface area contributed by atoms with Crippen LogP contribution in [0.4, 0.5) is 13.2 Å². The third kappa shape index (κ3) is 3.16. The minimum Gasteiger partial charge on any atom is -0.389 e. The van der Waals surface area contributed by atoms with E-state index in [-0.39, 0.29) is 16.7 Å². The molecule has 0 saturated carbocycles. The molecule has 1 heterocycles. The Kier molecular flexibility index (Phi) is 3.91. The van der Waals surface area contributed by atoms with Crippen molar-refractivity contribution in [2.24, 2.45) is 7.05 Å². The minimum absolute atomic E-state index is 0.127. The molecule has 0 saturated heterocycles. The van der Waals surface area contributed by atoms with Crippen LogP contribution >= 0.6 is 0 Å². The lowest BCUT2D eigenvalue weighted by atomic mass is 10.0. The lowest BCUT2D eigenvalue weighted by Crippen LogP contribution is -2.17. The zero-order valence-electron chi connectivity index (χ0n) is 11.5. The first kappa shape index (κ1) is 15.3. The third-order valence-corrected chi connectivity index (χ3v) is 3.13. The molecule has 0 aliphatic heterocycles. The van der Waals surface area contributed by atoms with Crippen molar-refractivity contribution in [2.45, 2.75) is 19.2 Å². The van der Waals surface area contributed by atoms with Gasteiger partial charge in [0.05, 0.1) is 11.7 Å². The number of nitrogens with zero attached hydrogens (tertiary/aromatic N) is 1. The Labute approximate surface area is 119 Å². The first-order valence-electron chi connectivity index (χ1n) is 6.26. The van der Waals surface area contributed by atoms with Gasteiger partial charge < -0.3 is 9.67 Å². The maximum Gasteiger partial charge on any atom is 0.416 e. The first-order valence-corrected chi connectivity index (χ1v) is 6.26. The number of alkyl halides is 3. The van der Waals surface area contributed by atoms with Crippen molar-refractivity contribution < 1.29 is 18.3 Å². The average Bonchev–Trinajstić information content (AvgIpc) is 2.40. The predicted octanol–water partition coefficient (Wildman–Crippen LogP) is 3.12. The third-order valence-electron chi connectivity index (χ3n) is 3.13. The lowest BCUT2D eigenvalue weighted by Gasteiger charge is -2.12. The summed E-state index contributed by atoms with van der Waals surface area (Å²) in [4.78, 5) is 12.3. The van der Waals surface area contributed by atoms with Crippen LogP contribution in [0.3, 0.4) is 0 Å². The molecular formula is C15H14F3NO2. The van der Waals surface area contributed by atoms with Crippen molar-refractivity contribution in [1.82, 2.24) is 4.57 Å².